The summed E-state index contributed by atoms with van der Waals surface area (Å²) in [7, 11) is 1.24. The molecule has 1 atom stereocenters. The van der Waals surface area contributed by atoms with Crippen molar-refractivity contribution in [2.24, 2.45) is 0 Å². The zero-order valence-corrected chi connectivity index (χ0v) is 16.8. The number of halogens is 1. The third-order valence-electron chi connectivity index (χ3n) is 3.97. The van der Waals surface area contributed by atoms with Crippen LogP contribution in [0.1, 0.15) is 6.92 Å². The fourth-order valence-corrected chi connectivity index (χ4v) is 2.47. The summed E-state index contributed by atoms with van der Waals surface area (Å²) in [6.07, 6.45) is -0.0536. The number of methoxy groups -OCH3 is 1. The molecule has 1 unspecified atom stereocenters. The van der Waals surface area contributed by atoms with Gasteiger partial charge < -0.3 is 24.3 Å². The molecule has 3 aromatic rings. The number of nitrogens with zero attached hydrogens (tertiary/aromatic N) is 2. The molecule has 1 N–H and O–H groups in total. The van der Waals surface area contributed by atoms with Gasteiger partial charge in [-0.05, 0) is 43.3 Å². The van der Waals surface area contributed by atoms with Gasteiger partial charge in [-0.1, -0.05) is 0 Å². The first-order valence-corrected chi connectivity index (χ1v) is 9.30. The summed E-state index contributed by atoms with van der Waals surface area (Å²) in [5.41, 5.74) is 0.936. The van der Waals surface area contributed by atoms with E-state index >= 15 is 0 Å². The standard InChI is InChI=1S/C21H20FN3O6/c1-13(20(26)29-10-9-23-21(27)28-2)30-15-4-6-16(7-5-15)31-19-12-24-18-11-14(22)3-8-17(18)25-19/h3-8,11-13H,9-10H2,1-2H3,(H,23,27). The molecule has 162 valence electrons. The number of nitrogens with one attached hydrogen (secondary N) is 1. The highest BCUT2D eigenvalue weighted by Crippen LogP contribution is 2.24. The quantitative estimate of drug-likeness (QED) is 0.429. The van der Waals surface area contributed by atoms with Crippen molar-refractivity contribution in [2.75, 3.05) is 20.3 Å². The lowest BCUT2D eigenvalue weighted by atomic mass is 10.3. The third kappa shape index (κ3) is 6.26. The summed E-state index contributed by atoms with van der Waals surface area (Å²) in [6, 6.07) is 10.7. The van der Waals surface area contributed by atoms with Crippen molar-refractivity contribution in [1.29, 1.82) is 0 Å². The molecule has 0 saturated heterocycles. The molecule has 0 aliphatic heterocycles. The Morgan fingerprint density at radius 3 is 2.58 bits per heavy atom. The minimum Gasteiger partial charge on any atom is -0.479 e. The zero-order chi connectivity index (χ0) is 22.2. The number of alkyl carbamates (subject to hydrolysis) is 1. The molecule has 1 aromatic heterocycles. The maximum absolute atomic E-state index is 13.2. The van der Waals surface area contributed by atoms with Crippen molar-refractivity contribution >= 4 is 23.1 Å². The summed E-state index contributed by atoms with van der Waals surface area (Å²) in [6.45, 7) is 1.67. The van der Waals surface area contributed by atoms with Gasteiger partial charge in [0.05, 0.1) is 30.9 Å². The summed E-state index contributed by atoms with van der Waals surface area (Å²) >= 11 is 0. The fraction of sp³-hybridized carbons (Fsp3) is 0.238. The number of ether oxygens (including phenoxy) is 4. The van der Waals surface area contributed by atoms with Crippen molar-refractivity contribution in [3.05, 3.63) is 54.5 Å². The first-order chi connectivity index (χ1) is 14.9. The topological polar surface area (TPSA) is 109 Å². The van der Waals surface area contributed by atoms with E-state index in [1.54, 1.807) is 31.2 Å². The Bertz CT molecular complexity index is 1060. The molecule has 1 heterocycles. The van der Waals surface area contributed by atoms with Crippen LogP contribution in [0.4, 0.5) is 9.18 Å². The lowest BCUT2D eigenvalue weighted by Crippen LogP contribution is -2.31. The Labute approximate surface area is 177 Å². The molecule has 31 heavy (non-hydrogen) atoms. The summed E-state index contributed by atoms with van der Waals surface area (Å²) in [5, 5.41) is 2.40. The average molecular weight is 429 g/mol. The SMILES string of the molecule is COC(=O)NCCOC(=O)C(C)Oc1ccc(Oc2cnc3cc(F)ccc3n2)cc1. The Kier molecular flexibility index (Phi) is 7.15. The van der Waals surface area contributed by atoms with E-state index in [9.17, 15) is 14.0 Å². The van der Waals surface area contributed by atoms with Crippen molar-refractivity contribution in [1.82, 2.24) is 15.3 Å². The van der Waals surface area contributed by atoms with Crippen LogP contribution in [0.5, 0.6) is 17.4 Å². The second-order valence-electron chi connectivity index (χ2n) is 6.26. The molecule has 0 saturated carbocycles. The smallest absolute Gasteiger partial charge is 0.406 e. The van der Waals surface area contributed by atoms with Gasteiger partial charge in [-0.15, -0.1) is 0 Å². The molecule has 1 amide bonds. The molecular formula is C21H20FN3O6. The monoisotopic (exact) mass is 429 g/mol. The summed E-state index contributed by atoms with van der Waals surface area (Å²) in [5.74, 6) is 0.207. The normalized spacial score (nSPS) is 11.5. The molecule has 0 spiro atoms. The van der Waals surface area contributed by atoms with Gasteiger partial charge in [0.2, 0.25) is 5.88 Å². The van der Waals surface area contributed by atoms with Gasteiger partial charge in [0.1, 0.15) is 23.9 Å². The molecule has 0 aliphatic rings. The van der Waals surface area contributed by atoms with Crippen LogP contribution in [-0.4, -0.2) is 48.4 Å². The number of benzene rings is 2. The lowest BCUT2D eigenvalue weighted by molar-refractivity contribution is -0.150. The van der Waals surface area contributed by atoms with Crippen LogP contribution in [0.2, 0.25) is 0 Å². The summed E-state index contributed by atoms with van der Waals surface area (Å²) in [4.78, 5) is 31.3. The van der Waals surface area contributed by atoms with E-state index in [1.165, 1.54) is 31.5 Å². The van der Waals surface area contributed by atoms with Crippen LogP contribution >= 0.6 is 0 Å². The van der Waals surface area contributed by atoms with Crippen molar-refractivity contribution in [2.45, 2.75) is 13.0 Å². The van der Waals surface area contributed by atoms with Crippen molar-refractivity contribution in [3.63, 3.8) is 0 Å². The average Bonchev–Trinajstić information content (AvgIpc) is 2.77. The second-order valence-corrected chi connectivity index (χ2v) is 6.26. The predicted octanol–water partition coefficient (Wildman–Crippen LogP) is 3.23. The van der Waals surface area contributed by atoms with E-state index in [0.717, 1.165) is 0 Å². The lowest BCUT2D eigenvalue weighted by Gasteiger charge is -2.14. The minimum absolute atomic E-state index is 0.00611. The highest BCUT2D eigenvalue weighted by atomic mass is 19.1. The number of fused-ring (bicyclic) bond motifs is 1. The Morgan fingerprint density at radius 1 is 1.10 bits per heavy atom. The van der Waals surface area contributed by atoms with Gasteiger partial charge in [-0.2, -0.15) is 0 Å². The number of hydrogen-bond donors (Lipinski definition) is 1. The number of aromatic nitrogens is 2. The number of carbonyl (C=O) groups is 2. The van der Waals surface area contributed by atoms with Gasteiger partial charge >= 0.3 is 12.1 Å². The van der Waals surface area contributed by atoms with Crippen LogP contribution in [0.3, 0.4) is 0 Å². The molecule has 3 rings (SSSR count). The first-order valence-electron chi connectivity index (χ1n) is 9.30. The highest BCUT2D eigenvalue weighted by molar-refractivity contribution is 5.75. The number of rotatable bonds is 8. The number of esters is 1. The largest absolute Gasteiger partial charge is 0.479 e. The fourth-order valence-electron chi connectivity index (χ4n) is 2.47. The van der Waals surface area contributed by atoms with Crippen LogP contribution in [0.25, 0.3) is 11.0 Å². The zero-order valence-electron chi connectivity index (χ0n) is 16.8. The van der Waals surface area contributed by atoms with E-state index in [4.69, 9.17) is 14.2 Å². The Balaban J connectivity index is 1.51. The number of amides is 1. The first kappa shape index (κ1) is 21.8. The second kappa shape index (κ2) is 10.2. The van der Waals surface area contributed by atoms with Gasteiger partial charge in [-0.3, -0.25) is 0 Å². The van der Waals surface area contributed by atoms with E-state index < -0.39 is 18.2 Å². The highest BCUT2D eigenvalue weighted by Gasteiger charge is 2.16. The van der Waals surface area contributed by atoms with Crippen LogP contribution in [-0.2, 0) is 14.3 Å². The molecule has 10 heteroatoms. The third-order valence-corrected chi connectivity index (χ3v) is 3.97. The molecule has 0 fully saturated rings. The predicted molar refractivity (Wildman–Crippen MR) is 107 cm³/mol. The molecule has 2 aromatic carbocycles. The van der Waals surface area contributed by atoms with Crippen LogP contribution in [0.15, 0.2) is 48.7 Å². The van der Waals surface area contributed by atoms with Crippen LogP contribution < -0.4 is 14.8 Å². The molecule has 0 aliphatic carbocycles. The molecular weight excluding hydrogens is 409 g/mol. The summed E-state index contributed by atoms with van der Waals surface area (Å²) < 4.78 is 33.9. The maximum Gasteiger partial charge on any atom is 0.406 e. The van der Waals surface area contributed by atoms with Gasteiger partial charge in [-0.25, -0.2) is 23.9 Å². The molecule has 0 bridgehead atoms. The van der Waals surface area contributed by atoms with E-state index in [0.29, 0.717) is 22.5 Å². The van der Waals surface area contributed by atoms with Crippen LogP contribution in [0, 0.1) is 5.82 Å². The number of carbonyl (C=O) groups excluding carboxylic acids is 2. The van der Waals surface area contributed by atoms with Gasteiger partial charge in [0, 0.05) is 6.07 Å². The van der Waals surface area contributed by atoms with Gasteiger partial charge in [0.25, 0.3) is 0 Å². The molecule has 0 radical (unpaired) electrons. The van der Waals surface area contributed by atoms with Crippen molar-refractivity contribution in [3.8, 4) is 17.4 Å². The van der Waals surface area contributed by atoms with E-state index in [-0.39, 0.29) is 24.8 Å². The maximum atomic E-state index is 13.2. The van der Waals surface area contributed by atoms with Gasteiger partial charge in [0.15, 0.2) is 6.10 Å². The molecule has 9 nitrogen and oxygen atoms in total. The Morgan fingerprint density at radius 2 is 1.84 bits per heavy atom. The van der Waals surface area contributed by atoms with E-state index in [1.807, 2.05) is 0 Å². The Hall–Kier alpha value is -3.95. The minimum atomic E-state index is -0.850. The van der Waals surface area contributed by atoms with Crippen molar-refractivity contribution < 1.29 is 32.9 Å². The number of hydrogen-bond acceptors (Lipinski definition) is 8. The van der Waals surface area contributed by atoms with E-state index in [2.05, 4.69) is 20.0 Å².